The second-order valence-electron chi connectivity index (χ2n) is 5.99. The molecule has 152 valence electrons. The van der Waals surface area contributed by atoms with Crippen molar-refractivity contribution in [2.75, 3.05) is 25.3 Å². The molecule has 29 heavy (non-hydrogen) atoms. The lowest BCUT2D eigenvalue weighted by atomic mass is 10.2. The zero-order chi connectivity index (χ0) is 21.0. The summed E-state index contributed by atoms with van der Waals surface area (Å²) in [6, 6.07) is 8.90. The molecular formula is C20H19Cl2N3O3S. The van der Waals surface area contributed by atoms with Crippen molar-refractivity contribution in [1.82, 2.24) is 9.55 Å². The van der Waals surface area contributed by atoms with Gasteiger partial charge in [-0.2, -0.15) is 0 Å². The number of anilines is 1. The van der Waals surface area contributed by atoms with Crippen LogP contribution in [0.5, 0.6) is 11.5 Å². The lowest BCUT2D eigenvalue weighted by molar-refractivity contribution is -0.113. The smallest absolute Gasteiger partial charge is 0.234 e. The SMILES string of the molecule is COc1cc(NC(=O)CSc2nccn2-c2cccc(Cl)c2C)c(OC)cc1Cl. The van der Waals surface area contributed by atoms with Crippen molar-refractivity contribution >= 4 is 46.6 Å². The number of nitrogens with zero attached hydrogens (tertiary/aromatic N) is 2. The van der Waals surface area contributed by atoms with Crippen molar-refractivity contribution in [3.63, 3.8) is 0 Å². The second-order valence-corrected chi connectivity index (χ2v) is 7.74. The number of hydrogen-bond acceptors (Lipinski definition) is 5. The van der Waals surface area contributed by atoms with Crippen molar-refractivity contribution in [1.29, 1.82) is 0 Å². The van der Waals surface area contributed by atoms with E-state index in [1.54, 1.807) is 18.3 Å². The van der Waals surface area contributed by atoms with Gasteiger partial charge >= 0.3 is 0 Å². The number of ether oxygens (including phenoxy) is 2. The van der Waals surface area contributed by atoms with Crippen LogP contribution in [0, 0.1) is 6.92 Å². The van der Waals surface area contributed by atoms with Gasteiger partial charge in [-0.05, 0) is 24.6 Å². The minimum Gasteiger partial charge on any atom is -0.495 e. The monoisotopic (exact) mass is 451 g/mol. The first kappa shape index (κ1) is 21.4. The van der Waals surface area contributed by atoms with Crippen molar-refractivity contribution < 1.29 is 14.3 Å². The fourth-order valence-corrected chi connectivity index (χ4v) is 3.88. The summed E-state index contributed by atoms with van der Waals surface area (Å²) in [5, 5.41) is 4.58. The summed E-state index contributed by atoms with van der Waals surface area (Å²) in [5.74, 6) is 0.840. The Hall–Kier alpha value is -2.35. The first-order valence-electron chi connectivity index (χ1n) is 8.57. The van der Waals surface area contributed by atoms with Crippen LogP contribution in [0.4, 0.5) is 5.69 Å². The summed E-state index contributed by atoms with van der Waals surface area (Å²) in [7, 11) is 3.01. The number of hydrogen-bond donors (Lipinski definition) is 1. The lowest BCUT2D eigenvalue weighted by Gasteiger charge is -2.14. The Kier molecular flexibility index (Phi) is 6.95. The fourth-order valence-electron chi connectivity index (χ4n) is 2.71. The largest absolute Gasteiger partial charge is 0.495 e. The van der Waals surface area contributed by atoms with Crippen molar-refractivity contribution in [2.24, 2.45) is 0 Å². The fraction of sp³-hybridized carbons (Fsp3) is 0.200. The van der Waals surface area contributed by atoms with Gasteiger partial charge in [0.25, 0.3) is 0 Å². The number of methoxy groups -OCH3 is 2. The Morgan fingerprint density at radius 3 is 2.66 bits per heavy atom. The Labute approximate surface area is 183 Å². The predicted molar refractivity (Wildman–Crippen MR) is 117 cm³/mol. The summed E-state index contributed by atoms with van der Waals surface area (Å²) in [6.07, 6.45) is 3.53. The molecule has 2 aromatic carbocycles. The molecule has 0 bridgehead atoms. The van der Waals surface area contributed by atoms with E-state index in [1.165, 1.54) is 26.0 Å². The number of benzene rings is 2. The Morgan fingerprint density at radius 1 is 1.17 bits per heavy atom. The Morgan fingerprint density at radius 2 is 1.93 bits per heavy atom. The van der Waals surface area contributed by atoms with Gasteiger partial charge in [0.15, 0.2) is 5.16 Å². The lowest BCUT2D eigenvalue weighted by Crippen LogP contribution is -2.15. The average Bonchev–Trinajstić information content (AvgIpc) is 3.17. The van der Waals surface area contributed by atoms with Gasteiger partial charge in [-0.3, -0.25) is 9.36 Å². The van der Waals surface area contributed by atoms with E-state index in [0.29, 0.717) is 32.4 Å². The quantitative estimate of drug-likeness (QED) is 0.497. The maximum Gasteiger partial charge on any atom is 0.234 e. The first-order chi connectivity index (χ1) is 13.9. The van der Waals surface area contributed by atoms with Crippen LogP contribution in [0.3, 0.4) is 0 Å². The van der Waals surface area contributed by atoms with E-state index >= 15 is 0 Å². The number of rotatable bonds is 7. The van der Waals surface area contributed by atoms with Crippen LogP contribution in [-0.4, -0.2) is 35.4 Å². The van der Waals surface area contributed by atoms with E-state index in [1.807, 2.05) is 35.9 Å². The maximum absolute atomic E-state index is 12.5. The third kappa shape index (κ3) is 4.80. The van der Waals surface area contributed by atoms with E-state index in [2.05, 4.69) is 10.3 Å². The van der Waals surface area contributed by atoms with Crippen molar-refractivity contribution in [3.8, 4) is 17.2 Å². The molecule has 6 nitrogen and oxygen atoms in total. The molecule has 0 aliphatic rings. The Balaban J connectivity index is 1.73. The second kappa shape index (κ2) is 9.43. The molecule has 9 heteroatoms. The zero-order valence-electron chi connectivity index (χ0n) is 16.0. The molecule has 0 fully saturated rings. The van der Waals surface area contributed by atoms with Gasteiger partial charge in [-0.15, -0.1) is 0 Å². The molecule has 1 aromatic heterocycles. The average molecular weight is 452 g/mol. The van der Waals surface area contributed by atoms with Crippen LogP contribution in [0.15, 0.2) is 47.9 Å². The highest BCUT2D eigenvalue weighted by atomic mass is 35.5. The number of aromatic nitrogens is 2. The minimum atomic E-state index is -0.213. The van der Waals surface area contributed by atoms with E-state index < -0.39 is 0 Å². The number of thioether (sulfide) groups is 1. The number of imidazole rings is 1. The molecular weight excluding hydrogens is 433 g/mol. The first-order valence-corrected chi connectivity index (χ1v) is 10.3. The molecule has 0 aliphatic heterocycles. The molecule has 0 saturated heterocycles. The summed E-state index contributed by atoms with van der Waals surface area (Å²) < 4.78 is 12.4. The summed E-state index contributed by atoms with van der Waals surface area (Å²) in [4.78, 5) is 16.9. The normalized spacial score (nSPS) is 10.7. The number of carbonyl (C=O) groups is 1. The molecule has 1 amide bonds. The number of carbonyl (C=O) groups excluding carboxylic acids is 1. The van der Waals surface area contributed by atoms with Gasteiger partial charge in [0.2, 0.25) is 5.91 Å². The van der Waals surface area contributed by atoms with Gasteiger partial charge in [-0.25, -0.2) is 4.98 Å². The molecule has 3 rings (SSSR count). The van der Waals surface area contributed by atoms with Gasteiger partial charge in [0.05, 0.1) is 36.4 Å². The number of nitrogens with one attached hydrogen (secondary N) is 1. The summed E-state index contributed by atoms with van der Waals surface area (Å²) in [5.41, 5.74) is 2.34. The van der Waals surface area contributed by atoms with Gasteiger partial charge < -0.3 is 14.8 Å². The standard InChI is InChI=1S/C20H19Cl2N3O3S/c1-12-13(21)5-4-6-16(12)25-8-7-23-20(25)29-11-19(26)24-15-10-17(27-2)14(22)9-18(15)28-3/h4-10H,11H2,1-3H3,(H,24,26). The molecule has 0 atom stereocenters. The summed E-state index contributed by atoms with van der Waals surface area (Å²) in [6.45, 7) is 1.94. The van der Waals surface area contributed by atoms with Gasteiger partial charge in [0.1, 0.15) is 11.5 Å². The van der Waals surface area contributed by atoms with E-state index in [4.69, 9.17) is 32.7 Å². The Bertz CT molecular complexity index is 1040. The highest BCUT2D eigenvalue weighted by molar-refractivity contribution is 7.99. The molecule has 1 heterocycles. The molecule has 1 N–H and O–H groups in total. The molecule has 0 radical (unpaired) electrons. The van der Waals surface area contributed by atoms with Crippen LogP contribution in [0.2, 0.25) is 10.0 Å². The zero-order valence-corrected chi connectivity index (χ0v) is 18.4. The third-order valence-electron chi connectivity index (χ3n) is 4.19. The highest BCUT2D eigenvalue weighted by Crippen LogP contribution is 2.36. The van der Waals surface area contributed by atoms with Crippen LogP contribution in [-0.2, 0) is 4.79 Å². The van der Waals surface area contributed by atoms with Gasteiger partial charge in [0, 0.05) is 29.5 Å². The van der Waals surface area contributed by atoms with E-state index in [-0.39, 0.29) is 11.7 Å². The third-order valence-corrected chi connectivity index (χ3v) is 5.86. The molecule has 0 aliphatic carbocycles. The molecule has 3 aromatic rings. The van der Waals surface area contributed by atoms with Crippen molar-refractivity contribution in [2.45, 2.75) is 12.1 Å². The predicted octanol–water partition coefficient (Wildman–Crippen LogP) is 5.24. The molecule has 0 spiro atoms. The van der Waals surface area contributed by atoms with E-state index in [0.717, 1.165) is 11.3 Å². The van der Waals surface area contributed by atoms with Gasteiger partial charge in [-0.1, -0.05) is 41.0 Å². The van der Waals surface area contributed by atoms with Crippen LogP contribution in [0.1, 0.15) is 5.56 Å². The van der Waals surface area contributed by atoms with Crippen LogP contribution in [0.25, 0.3) is 5.69 Å². The number of amides is 1. The van der Waals surface area contributed by atoms with Crippen LogP contribution < -0.4 is 14.8 Å². The highest BCUT2D eigenvalue weighted by Gasteiger charge is 2.15. The molecule has 0 saturated carbocycles. The topological polar surface area (TPSA) is 65.4 Å². The maximum atomic E-state index is 12.5. The van der Waals surface area contributed by atoms with Crippen molar-refractivity contribution in [3.05, 3.63) is 58.3 Å². The van der Waals surface area contributed by atoms with Crippen LogP contribution >= 0.6 is 35.0 Å². The minimum absolute atomic E-state index is 0.157. The molecule has 0 unspecified atom stereocenters. The summed E-state index contributed by atoms with van der Waals surface area (Å²) >= 11 is 13.6. The van der Waals surface area contributed by atoms with E-state index in [9.17, 15) is 4.79 Å². The number of halogens is 2.